The molecule has 0 atom stereocenters. The van der Waals surface area contributed by atoms with Gasteiger partial charge in [0, 0.05) is 12.7 Å². The van der Waals surface area contributed by atoms with E-state index in [1.807, 2.05) is 0 Å². The molecule has 0 unspecified atom stereocenters. The summed E-state index contributed by atoms with van der Waals surface area (Å²) in [7, 11) is 1.78. The Morgan fingerprint density at radius 1 is 1.45 bits per heavy atom. The van der Waals surface area contributed by atoms with Crippen molar-refractivity contribution in [2.24, 2.45) is 7.05 Å². The maximum absolute atomic E-state index is 11.7. The first-order valence-corrected chi connectivity index (χ1v) is 6.63. The van der Waals surface area contributed by atoms with Gasteiger partial charge in [-0.15, -0.1) is 10.2 Å². The van der Waals surface area contributed by atoms with Gasteiger partial charge in [-0.2, -0.15) is 0 Å². The third kappa shape index (κ3) is 3.58. The average molecular weight is 291 g/mol. The molecule has 1 aromatic carbocycles. The zero-order valence-electron chi connectivity index (χ0n) is 10.6. The molecule has 0 saturated carbocycles. The van der Waals surface area contributed by atoms with E-state index in [2.05, 4.69) is 15.5 Å². The molecular weight excluding hydrogens is 280 g/mol. The summed E-state index contributed by atoms with van der Waals surface area (Å²) in [6.45, 7) is 0. The van der Waals surface area contributed by atoms with E-state index in [0.29, 0.717) is 10.8 Å². The summed E-state index contributed by atoms with van der Waals surface area (Å²) in [5, 5.41) is 21.5. The number of nitrogens with one attached hydrogen (secondary N) is 1. The fourth-order valence-electron chi connectivity index (χ4n) is 1.45. The summed E-state index contributed by atoms with van der Waals surface area (Å²) in [5.74, 6) is -1.38. The smallest absolute Gasteiger partial charge is 0.234 e. The maximum Gasteiger partial charge on any atom is 0.234 e. The third-order valence-corrected chi connectivity index (χ3v) is 3.42. The Bertz CT molecular complexity index is 641. The molecule has 0 aliphatic rings. The van der Waals surface area contributed by atoms with Gasteiger partial charge in [-0.3, -0.25) is 4.79 Å². The van der Waals surface area contributed by atoms with Crippen LogP contribution in [-0.2, 0) is 11.8 Å². The van der Waals surface area contributed by atoms with Crippen molar-refractivity contribution in [1.29, 1.82) is 0 Å². The van der Waals surface area contributed by atoms with Crippen molar-refractivity contribution in [1.82, 2.24) is 14.8 Å². The topological polar surface area (TPSA) is 99.9 Å². The summed E-state index contributed by atoms with van der Waals surface area (Å²) >= 11 is 1.24. The number of nitrogens with zero attached hydrogens (tertiary/aromatic N) is 3. The van der Waals surface area contributed by atoms with Crippen LogP contribution in [0.3, 0.4) is 0 Å². The molecule has 0 spiro atoms. The first kappa shape index (κ1) is 14.1. The third-order valence-electron chi connectivity index (χ3n) is 2.38. The number of rotatable bonds is 5. The molecular formula is C12H11N4O3S-. The molecule has 0 radical (unpaired) electrons. The molecule has 1 aromatic heterocycles. The summed E-state index contributed by atoms with van der Waals surface area (Å²) in [4.78, 5) is 22.5. The van der Waals surface area contributed by atoms with E-state index in [1.165, 1.54) is 30.0 Å². The van der Waals surface area contributed by atoms with Crippen LogP contribution in [0, 0.1) is 0 Å². The number of carboxylic acid groups (broad SMARTS) is 1. The standard InChI is InChI=1S/C12H12N4O3S/c1-16-7-13-15-12(16)20-6-10(17)14-9-4-2-3-8(5-9)11(18)19/h2-5,7H,6H2,1H3,(H,14,17)(H,18,19)/p-1. The predicted molar refractivity (Wildman–Crippen MR) is 71.1 cm³/mol. The number of carbonyl (C=O) groups excluding carboxylic acids is 2. The van der Waals surface area contributed by atoms with Crippen molar-refractivity contribution in [3.63, 3.8) is 0 Å². The Labute approximate surface area is 119 Å². The van der Waals surface area contributed by atoms with Gasteiger partial charge >= 0.3 is 0 Å². The zero-order valence-corrected chi connectivity index (χ0v) is 11.4. The van der Waals surface area contributed by atoms with E-state index in [-0.39, 0.29) is 17.2 Å². The van der Waals surface area contributed by atoms with E-state index >= 15 is 0 Å². The van der Waals surface area contributed by atoms with Gasteiger partial charge in [0.15, 0.2) is 5.16 Å². The number of hydrogen-bond acceptors (Lipinski definition) is 6. The van der Waals surface area contributed by atoms with Gasteiger partial charge in [-0.05, 0) is 17.7 Å². The highest BCUT2D eigenvalue weighted by Gasteiger charge is 2.07. The first-order chi connectivity index (χ1) is 9.56. The molecule has 1 heterocycles. The molecule has 0 bridgehead atoms. The molecule has 1 N–H and O–H groups in total. The minimum atomic E-state index is -1.28. The molecule has 0 aliphatic heterocycles. The fourth-order valence-corrected chi connectivity index (χ4v) is 2.14. The van der Waals surface area contributed by atoms with Crippen LogP contribution in [0.5, 0.6) is 0 Å². The summed E-state index contributed by atoms with van der Waals surface area (Å²) in [6, 6.07) is 5.90. The normalized spacial score (nSPS) is 10.2. The van der Waals surface area contributed by atoms with Crippen molar-refractivity contribution in [2.45, 2.75) is 5.16 Å². The van der Waals surface area contributed by atoms with Crippen molar-refractivity contribution in [3.05, 3.63) is 36.2 Å². The quantitative estimate of drug-likeness (QED) is 0.773. The Hall–Kier alpha value is -2.35. The van der Waals surface area contributed by atoms with Crippen LogP contribution in [0.1, 0.15) is 10.4 Å². The van der Waals surface area contributed by atoms with Crippen LogP contribution in [0.15, 0.2) is 35.7 Å². The van der Waals surface area contributed by atoms with Crippen LogP contribution in [0.25, 0.3) is 0 Å². The van der Waals surface area contributed by atoms with Crippen molar-refractivity contribution in [3.8, 4) is 0 Å². The van der Waals surface area contributed by atoms with Crippen LogP contribution < -0.4 is 10.4 Å². The lowest BCUT2D eigenvalue weighted by Crippen LogP contribution is -2.22. The number of anilines is 1. The minimum absolute atomic E-state index is 0.0174. The van der Waals surface area contributed by atoms with Gasteiger partial charge in [0.1, 0.15) is 6.33 Å². The minimum Gasteiger partial charge on any atom is -0.545 e. The molecule has 1 amide bonds. The van der Waals surface area contributed by atoms with E-state index < -0.39 is 5.97 Å². The zero-order chi connectivity index (χ0) is 14.5. The molecule has 8 heteroatoms. The van der Waals surface area contributed by atoms with Crippen LogP contribution >= 0.6 is 11.8 Å². The number of benzene rings is 1. The van der Waals surface area contributed by atoms with E-state index in [4.69, 9.17) is 0 Å². The number of hydrogen-bond donors (Lipinski definition) is 1. The van der Waals surface area contributed by atoms with Gasteiger partial charge in [-0.25, -0.2) is 0 Å². The van der Waals surface area contributed by atoms with E-state index in [0.717, 1.165) is 0 Å². The second-order valence-corrected chi connectivity index (χ2v) is 4.87. The SMILES string of the molecule is Cn1cnnc1SCC(=O)Nc1cccc(C(=O)[O-])c1. The summed E-state index contributed by atoms with van der Waals surface area (Å²) in [6.07, 6.45) is 1.55. The van der Waals surface area contributed by atoms with Crippen molar-refractivity contribution < 1.29 is 14.7 Å². The lowest BCUT2D eigenvalue weighted by atomic mass is 10.2. The number of thioether (sulfide) groups is 1. The lowest BCUT2D eigenvalue weighted by molar-refractivity contribution is -0.255. The highest BCUT2D eigenvalue weighted by molar-refractivity contribution is 7.99. The maximum atomic E-state index is 11.7. The number of carbonyl (C=O) groups is 2. The number of aryl methyl sites for hydroxylation is 1. The number of aromatic carboxylic acids is 1. The number of amides is 1. The first-order valence-electron chi connectivity index (χ1n) is 5.64. The Kier molecular flexibility index (Phi) is 4.36. The summed E-state index contributed by atoms with van der Waals surface area (Å²) in [5.41, 5.74) is 0.430. The van der Waals surface area contributed by atoms with Crippen LogP contribution in [0.2, 0.25) is 0 Å². The van der Waals surface area contributed by atoms with E-state index in [1.54, 1.807) is 24.0 Å². The molecule has 2 aromatic rings. The molecule has 0 aliphatic carbocycles. The molecule has 7 nitrogen and oxygen atoms in total. The highest BCUT2D eigenvalue weighted by Crippen LogP contribution is 2.15. The monoisotopic (exact) mass is 291 g/mol. The largest absolute Gasteiger partial charge is 0.545 e. The van der Waals surface area contributed by atoms with Gasteiger partial charge < -0.3 is 19.8 Å². The molecule has 20 heavy (non-hydrogen) atoms. The number of aromatic nitrogens is 3. The van der Waals surface area contributed by atoms with Crippen molar-refractivity contribution >= 4 is 29.3 Å². The van der Waals surface area contributed by atoms with Crippen LogP contribution in [0.4, 0.5) is 5.69 Å². The average Bonchev–Trinajstić information content (AvgIpc) is 2.82. The second kappa shape index (κ2) is 6.20. The van der Waals surface area contributed by atoms with Gasteiger partial charge in [0.25, 0.3) is 0 Å². The Morgan fingerprint density at radius 2 is 2.25 bits per heavy atom. The van der Waals surface area contributed by atoms with Crippen LogP contribution in [-0.4, -0.2) is 32.4 Å². The molecule has 2 rings (SSSR count). The predicted octanol–water partition coefficient (Wildman–Crippen LogP) is -0.0906. The highest BCUT2D eigenvalue weighted by atomic mass is 32.2. The van der Waals surface area contributed by atoms with Gasteiger partial charge in [0.05, 0.1) is 11.7 Å². The second-order valence-electron chi connectivity index (χ2n) is 3.93. The Morgan fingerprint density at radius 3 is 2.90 bits per heavy atom. The lowest BCUT2D eigenvalue weighted by Gasteiger charge is -2.07. The molecule has 0 fully saturated rings. The van der Waals surface area contributed by atoms with E-state index in [9.17, 15) is 14.7 Å². The Balaban J connectivity index is 1.93. The fraction of sp³-hybridized carbons (Fsp3) is 0.167. The summed E-state index contributed by atoms with van der Waals surface area (Å²) < 4.78 is 1.70. The molecule has 104 valence electrons. The van der Waals surface area contributed by atoms with Gasteiger partial charge in [-0.1, -0.05) is 23.9 Å². The van der Waals surface area contributed by atoms with Crippen molar-refractivity contribution in [2.75, 3.05) is 11.1 Å². The number of carboxylic acids is 1. The van der Waals surface area contributed by atoms with Gasteiger partial charge in [0.2, 0.25) is 5.91 Å². The molecule has 0 saturated heterocycles.